The van der Waals surface area contributed by atoms with Crippen molar-refractivity contribution in [3.63, 3.8) is 0 Å². The summed E-state index contributed by atoms with van der Waals surface area (Å²) in [5.41, 5.74) is 0.347. The van der Waals surface area contributed by atoms with Gasteiger partial charge in [-0.05, 0) is 30.3 Å². The average Bonchev–Trinajstić information content (AvgIpc) is 2.61. The van der Waals surface area contributed by atoms with Crippen LogP contribution in [-0.2, 0) is 9.84 Å². The molecule has 0 saturated carbocycles. The van der Waals surface area contributed by atoms with Gasteiger partial charge in [0, 0.05) is 22.8 Å². The molecule has 1 atom stereocenters. The van der Waals surface area contributed by atoms with E-state index in [4.69, 9.17) is 0 Å². The van der Waals surface area contributed by atoms with Gasteiger partial charge in [0.15, 0.2) is 9.84 Å². The summed E-state index contributed by atoms with van der Waals surface area (Å²) in [7, 11) is -3.56. The zero-order valence-corrected chi connectivity index (χ0v) is 15.2. The van der Waals surface area contributed by atoms with Crippen LogP contribution in [0.15, 0.2) is 77.0 Å². The van der Waals surface area contributed by atoms with Crippen molar-refractivity contribution in [2.75, 3.05) is 0 Å². The molecule has 4 heteroatoms. The zero-order valence-electron chi connectivity index (χ0n) is 14.4. The number of rotatable bonds is 5. The summed E-state index contributed by atoms with van der Waals surface area (Å²) in [4.78, 5) is 0.208. The highest BCUT2D eigenvalue weighted by atomic mass is 32.2. The Morgan fingerprint density at radius 1 is 1.04 bits per heavy atom. The molecule has 0 bridgehead atoms. The molecule has 130 valence electrons. The first kappa shape index (κ1) is 19.0. The van der Waals surface area contributed by atoms with Gasteiger partial charge < -0.3 is 5.11 Å². The molecule has 0 saturated heterocycles. The van der Waals surface area contributed by atoms with Crippen molar-refractivity contribution in [3.05, 3.63) is 77.7 Å². The van der Waals surface area contributed by atoms with Gasteiger partial charge in [-0.2, -0.15) is 0 Å². The summed E-state index contributed by atoms with van der Waals surface area (Å²) >= 11 is 0. The second-order valence-electron chi connectivity index (χ2n) is 6.46. The van der Waals surface area contributed by atoms with Crippen molar-refractivity contribution in [2.24, 2.45) is 5.41 Å². The third kappa shape index (κ3) is 5.60. The molecule has 2 aromatic rings. The molecule has 0 aliphatic heterocycles. The van der Waals surface area contributed by atoms with E-state index < -0.39 is 21.4 Å². The highest BCUT2D eigenvalue weighted by molar-refractivity contribution is 7.94. The fraction of sp³-hybridized carbons (Fsp3) is 0.238. The molecule has 0 amide bonds. The number of hydrogen-bond acceptors (Lipinski definition) is 3. The van der Waals surface area contributed by atoms with Crippen molar-refractivity contribution < 1.29 is 13.5 Å². The van der Waals surface area contributed by atoms with Crippen LogP contribution in [0.1, 0.15) is 25.8 Å². The summed E-state index contributed by atoms with van der Waals surface area (Å²) in [5.74, 6) is 6.11. The molecule has 1 N–H and O–H groups in total. The summed E-state index contributed by atoms with van der Waals surface area (Å²) in [5, 5.41) is 11.4. The van der Waals surface area contributed by atoms with Gasteiger partial charge >= 0.3 is 0 Å². The Morgan fingerprint density at radius 2 is 1.60 bits per heavy atom. The van der Waals surface area contributed by atoms with Gasteiger partial charge in [-0.1, -0.05) is 62.1 Å². The van der Waals surface area contributed by atoms with Gasteiger partial charge in [0.2, 0.25) is 0 Å². The monoisotopic (exact) mass is 354 g/mol. The molecule has 0 radical (unpaired) electrons. The minimum atomic E-state index is -3.56. The SMILES string of the molecule is CC(C)(CC#Cc1ccccc1)C(O)/C=C/S(=O)(=O)c1ccccc1. The fourth-order valence-corrected chi connectivity index (χ4v) is 3.18. The minimum Gasteiger partial charge on any atom is -0.388 e. The summed E-state index contributed by atoms with van der Waals surface area (Å²) in [6.07, 6.45) is 0.849. The van der Waals surface area contributed by atoms with Gasteiger partial charge in [-0.15, -0.1) is 0 Å². The van der Waals surface area contributed by atoms with Gasteiger partial charge in [-0.3, -0.25) is 0 Å². The number of sulfone groups is 1. The quantitative estimate of drug-likeness (QED) is 0.831. The highest BCUT2D eigenvalue weighted by Gasteiger charge is 2.25. The molecule has 1 unspecified atom stereocenters. The Kier molecular flexibility index (Phi) is 6.19. The van der Waals surface area contributed by atoms with Crippen LogP contribution in [0.2, 0.25) is 0 Å². The van der Waals surface area contributed by atoms with Crippen molar-refractivity contribution >= 4 is 9.84 Å². The summed E-state index contributed by atoms with van der Waals surface area (Å²) in [6, 6.07) is 17.8. The first-order valence-corrected chi connectivity index (χ1v) is 9.56. The van der Waals surface area contributed by atoms with E-state index in [2.05, 4.69) is 11.8 Å². The van der Waals surface area contributed by atoms with Gasteiger partial charge in [0.25, 0.3) is 0 Å². The van der Waals surface area contributed by atoms with E-state index in [1.165, 1.54) is 18.2 Å². The molecule has 0 aromatic heterocycles. The smallest absolute Gasteiger partial charge is 0.199 e. The maximum atomic E-state index is 12.2. The van der Waals surface area contributed by atoms with Crippen LogP contribution in [0.25, 0.3) is 0 Å². The number of aliphatic hydroxyl groups excluding tert-OH is 1. The van der Waals surface area contributed by atoms with Gasteiger partial charge in [-0.25, -0.2) is 8.42 Å². The minimum absolute atomic E-state index is 0.208. The average molecular weight is 354 g/mol. The first-order chi connectivity index (χ1) is 11.8. The normalized spacial score (nSPS) is 13.2. The van der Waals surface area contributed by atoms with Crippen molar-refractivity contribution in [3.8, 4) is 11.8 Å². The van der Waals surface area contributed by atoms with E-state index in [1.54, 1.807) is 18.2 Å². The van der Waals surface area contributed by atoms with Crippen LogP contribution in [-0.4, -0.2) is 19.6 Å². The van der Waals surface area contributed by atoms with Crippen LogP contribution < -0.4 is 0 Å². The van der Waals surface area contributed by atoms with Crippen molar-refractivity contribution in [1.82, 2.24) is 0 Å². The lowest BCUT2D eigenvalue weighted by atomic mass is 9.83. The second-order valence-corrected chi connectivity index (χ2v) is 8.30. The molecular formula is C21H22O3S. The standard InChI is InChI=1S/C21H22O3S/c1-21(2,16-9-12-18-10-5-3-6-11-18)20(22)15-17-25(23,24)19-13-7-4-8-14-19/h3-8,10-11,13-15,17,20,22H,16H2,1-2H3/b17-15+. The highest BCUT2D eigenvalue weighted by Crippen LogP contribution is 2.26. The summed E-state index contributed by atoms with van der Waals surface area (Å²) < 4.78 is 24.5. The van der Waals surface area contributed by atoms with E-state index in [0.29, 0.717) is 6.42 Å². The number of benzene rings is 2. The lowest BCUT2D eigenvalue weighted by molar-refractivity contribution is 0.0948. The molecule has 0 fully saturated rings. The molecule has 0 aliphatic rings. The topological polar surface area (TPSA) is 54.4 Å². The molecular weight excluding hydrogens is 332 g/mol. The lowest BCUT2D eigenvalue weighted by Crippen LogP contribution is -2.27. The number of aliphatic hydroxyl groups is 1. The third-order valence-corrected chi connectivity index (χ3v) is 5.31. The Balaban J connectivity index is 2.06. The van der Waals surface area contributed by atoms with E-state index in [9.17, 15) is 13.5 Å². The van der Waals surface area contributed by atoms with Crippen LogP contribution in [0.3, 0.4) is 0 Å². The third-order valence-electron chi connectivity index (χ3n) is 3.86. The van der Waals surface area contributed by atoms with E-state index in [1.807, 2.05) is 44.2 Å². The van der Waals surface area contributed by atoms with Gasteiger partial charge in [0.1, 0.15) is 0 Å². The van der Waals surface area contributed by atoms with Crippen molar-refractivity contribution in [2.45, 2.75) is 31.3 Å². The Bertz CT molecular complexity index is 871. The maximum Gasteiger partial charge on any atom is 0.199 e. The molecule has 3 nitrogen and oxygen atoms in total. The second kappa shape index (κ2) is 8.15. The molecule has 0 aliphatic carbocycles. The summed E-state index contributed by atoms with van der Waals surface area (Å²) in [6.45, 7) is 3.72. The largest absolute Gasteiger partial charge is 0.388 e. The van der Waals surface area contributed by atoms with Crippen LogP contribution >= 0.6 is 0 Å². The molecule has 0 spiro atoms. The van der Waals surface area contributed by atoms with E-state index in [-0.39, 0.29) is 4.90 Å². The molecule has 0 heterocycles. The Hall–Kier alpha value is -2.35. The molecule has 2 rings (SSSR count). The Labute approximate surface area is 150 Å². The predicted molar refractivity (Wildman–Crippen MR) is 100 cm³/mol. The van der Waals surface area contributed by atoms with E-state index >= 15 is 0 Å². The van der Waals surface area contributed by atoms with Crippen LogP contribution in [0.4, 0.5) is 0 Å². The van der Waals surface area contributed by atoms with Crippen molar-refractivity contribution in [1.29, 1.82) is 0 Å². The van der Waals surface area contributed by atoms with Gasteiger partial charge in [0.05, 0.1) is 11.0 Å². The lowest BCUT2D eigenvalue weighted by Gasteiger charge is -2.26. The molecule has 2 aromatic carbocycles. The Morgan fingerprint density at radius 3 is 2.20 bits per heavy atom. The van der Waals surface area contributed by atoms with E-state index in [0.717, 1.165) is 11.0 Å². The number of hydrogen-bond donors (Lipinski definition) is 1. The zero-order chi connectivity index (χ0) is 18.3. The fourth-order valence-electron chi connectivity index (χ4n) is 2.13. The predicted octanol–water partition coefficient (Wildman–Crippen LogP) is 3.80. The molecule has 25 heavy (non-hydrogen) atoms. The maximum absolute atomic E-state index is 12.2. The van der Waals surface area contributed by atoms with Crippen LogP contribution in [0.5, 0.6) is 0 Å². The first-order valence-electron chi connectivity index (χ1n) is 8.02. The van der Waals surface area contributed by atoms with Crippen LogP contribution in [0, 0.1) is 17.3 Å².